The van der Waals surface area contributed by atoms with Crippen molar-refractivity contribution in [3.63, 3.8) is 0 Å². The number of pyridine rings is 1. The van der Waals surface area contributed by atoms with Gasteiger partial charge in [-0.15, -0.1) is 0 Å². The van der Waals surface area contributed by atoms with Crippen LogP contribution in [0.2, 0.25) is 0 Å². The highest BCUT2D eigenvalue weighted by atomic mass is 19.1. The van der Waals surface area contributed by atoms with Crippen LogP contribution in [0, 0.1) is 12.7 Å². The van der Waals surface area contributed by atoms with Crippen LogP contribution in [-0.4, -0.2) is 25.7 Å². The summed E-state index contributed by atoms with van der Waals surface area (Å²) >= 11 is 0. The monoisotopic (exact) mass is 304 g/mol. The molecule has 0 atom stereocenters. The van der Waals surface area contributed by atoms with Crippen LogP contribution in [-0.2, 0) is 13.0 Å². The van der Waals surface area contributed by atoms with Crippen molar-refractivity contribution in [3.8, 4) is 11.6 Å². The van der Waals surface area contributed by atoms with E-state index in [1.807, 2.05) is 19.1 Å². The first kappa shape index (κ1) is 16.2. The predicted octanol–water partition coefficient (Wildman–Crippen LogP) is 2.88. The zero-order valence-corrected chi connectivity index (χ0v) is 13.1. The highest BCUT2D eigenvalue weighted by Gasteiger charge is 2.06. The van der Waals surface area contributed by atoms with Gasteiger partial charge in [-0.25, -0.2) is 9.37 Å². The quantitative estimate of drug-likeness (QED) is 0.799. The van der Waals surface area contributed by atoms with Gasteiger partial charge in [-0.3, -0.25) is 0 Å². The van der Waals surface area contributed by atoms with E-state index < -0.39 is 0 Å². The number of benzene rings is 1. The Bertz CT molecular complexity index is 612. The lowest BCUT2D eigenvalue weighted by molar-refractivity contribution is 0.382. The first-order valence-corrected chi connectivity index (χ1v) is 7.16. The molecule has 1 heterocycles. The molecule has 4 nitrogen and oxygen atoms in total. The SMILES string of the molecule is COc1cnc(OC)c(CCNCc2cc(C)cc(F)c2)c1. The molecule has 0 spiro atoms. The Kier molecular flexibility index (Phi) is 5.72. The van der Waals surface area contributed by atoms with E-state index in [2.05, 4.69) is 10.3 Å². The molecule has 0 aliphatic carbocycles. The summed E-state index contributed by atoms with van der Waals surface area (Å²) in [6.07, 6.45) is 2.38. The fraction of sp³-hybridized carbons (Fsp3) is 0.353. The van der Waals surface area contributed by atoms with Crippen molar-refractivity contribution in [3.05, 3.63) is 53.0 Å². The van der Waals surface area contributed by atoms with E-state index in [1.54, 1.807) is 26.5 Å². The molecular weight excluding hydrogens is 283 g/mol. The molecule has 0 unspecified atom stereocenters. The van der Waals surface area contributed by atoms with Gasteiger partial charge in [-0.05, 0) is 49.2 Å². The van der Waals surface area contributed by atoms with Crippen LogP contribution in [0.5, 0.6) is 11.6 Å². The van der Waals surface area contributed by atoms with Crippen molar-refractivity contribution >= 4 is 0 Å². The number of aryl methyl sites for hydroxylation is 1. The number of nitrogens with zero attached hydrogens (tertiary/aromatic N) is 1. The van der Waals surface area contributed by atoms with E-state index in [-0.39, 0.29) is 5.82 Å². The van der Waals surface area contributed by atoms with Crippen molar-refractivity contribution < 1.29 is 13.9 Å². The molecule has 0 amide bonds. The molecule has 0 aliphatic rings. The van der Waals surface area contributed by atoms with Crippen LogP contribution in [0.4, 0.5) is 4.39 Å². The van der Waals surface area contributed by atoms with Gasteiger partial charge >= 0.3 is 0 Å². The molecule has 0 bridgehead atoms. The number of halogens is 1. The van der Waals surface area contributed by atoms with E-state index in [0.29, 0.717) is 18.2 Å². The maximum Gasteiger partial charge on any atom is 0.216 e. The molecule has 1 aromatic heterocycles. The molecule has 0 saturated heterocycles. The van der Waals surface area contributed by atoms with Crippen LogP contribution >= 0.6 is 0 Å². The highest BCUT2D eigenvalue weighted by Crippen LogP contribution is 2.20. The van der Waals surface area contributed by atoms with Gasteiger partial charge < -0.3 is 14.8 Å². The first-order valence-electron chi connectivity index (χ1n) is 7.16. The Balaban J connectivity index is 1.90. The Labute approximate surface area is 130 Å². The van der Waals surface area contributed by atoms with Crippen LogP contribution < -0.4 is 14.8 Å². The van der Waals surface area contributed by atoms with Crippen molar-refractivity contribution in [2.75, 3.05) is 20.8 Å². The summed E-state index contributed by atoms with van der Waals surface area (Å²) in [6, 6.07) is 6.97. The number of nitrogens with one attached hydrogen (secondary N) is 1. The molecule has 0 radical (unpaired) electrons. The smallest absolute Gasteiger partial charge is 0.216 e. The second kappa shape index (κ2) is 7.75. The number of ether oxygens (including phenoxy) is 2. The van der Waals surface area contributed by atoms with E-state index >= 15 is 0 Å². The highest BCUT2D eigenvalue weighted by molar-refractivity contribution is 5.33. The van der Waals surface area contributed by atoms with Gasteiger partial charge in [0, 0.05) is 12.1 Å². The third-order valence-electron chi connectivity index (χ3n) is 3.33. The van der Waals surface area contributed by atoms with E-state index in [9.17, 15) is 4.39 Å². The zero-order chi connectivity index (χ0) is 15.9. The zero-order valence-electron chi connectivity index (χ0n) is 13.1. The van der Waals surface area contributed by atoms with Crippen LogP contribution in [0.15, 0.2) is 30.5 Å². The number of methoxy groups -OCH3 is 2. The number of rotatable bonds is 7. The molecule has 0 aliphatic heterocycles. The summed E-state index contributed by atoms with van der Waals surface area (Å²) in [5.41, 5.74) is 2.84. The van der Waals surface area contributed by atoms with Crippen LogP contribution in [0.3, 0.4) is 0 Å². The van der Waals surface area contributed by atoms with E-state index in [4.69, 9.17) is 9.47 Å². The largest absolute Gasteiger partial charge is 0.495 e. The van der Waals surface area contributed by atoms with Gasteiger partial charge in [-0.1, -0.05) is 6.07 Å². The second-order valence-corrected chi connectivity index (χ2v) is 5.11. The topological polar surface area (TPSA) is 43.4 Å². The molecule has 22 heavy (non-hydrogen) atoms. The Morgan fingerprint density at radius 3 is 2.64 bits per heavy atom. The Morgan fingerprint density at radius 2 is 1.95 bits per heavy atom. The molecular formula is C17H21FN2O2. The van der Waals surface area contributed by atoms with Gasteiger partial charge in [0.15, 0.2) is 0 Å². The average Bonchev–Trinajstić information content (AvgIpc) is 2.50. The predicted molar refractivity (Wildman–Crippen MR) is 83.9 cm³/mol. The van der Waals surface area contributed by atoms with Gasteiger partial charge in [0.05, 0.1) is 20.4 Å². The second-order valence-electron chi connectivity index (χ2n) is 5.11. The van der Waals surface area contributed by atoms with E-state index in [1.165, 1.54) is 6.07 Å². The van der Waals surface area contributed by atoms with Gasteiger partial charge in [0.1, 0.15) is 11.6 Å². The fourth-order valence-corrected chi connectivity index (χ4v) is 2.32. The van der Waals surface area contributed by atoms with Gasteiger partial charge in [-0.2, -0.15) is 0 Å². The lowest BCUT2D eigenvalue weighted by Crippen LogP contribution is -2.17. The van der Waals surface area contributed by atoms with Crippen LogP contribution in [0.25, 0.3) is 0 Å². The lowest BCUT2D eigenvalue weighted by Gasteiger charge is -2.10. The maximum absolute atomic E-state index is 13.3. The summed E-state index contributed by atoms with van der Waals surface area (Å²) in [5, 5.41) is 3.30. The Morgan fingerprint density at radius 1 is 1.14 bits per heavy atom. The van der Waals surface area contributed by atoms with Crippen molar-refractivity contribution in [1.82, 2.24) is 10.3 Å². The number of aromatic nitrogens is 1. The molecule has 1 N–H and O–H groups in total. The minimum Gasteiger partial charge on any atom is -0.495 e. The summed E-state index contributed by atoms with van der Waals surface area (Å²) in [6.45, 7) is 3.25. The standard InChI is InChI=1S/C17H21FN2O2/c1-12-6-13(8-15(18)7-12)10-19-5-4-14-9-16(21-2)11-20-17(14)22-3/h6-9,11,19H,4-5,10H2,1-3H3. The Hall–Kier alpha value is -2.14. The lowest BCUT2D eigenvalue weighted by atomic mass is 10.1. The summed E-state index contributed by atoms with van der Waals surface area (Å²) in [5.74, 6) is 1.11. The average molecular weight is 304 g/mol. The summed E-state index contributed by atoms with van der Waals surface area (Å²) in [7, 11) is 3.21. The van der Waals surface area contributed by atoms with Gasteiger partial charge in [0.2, 0.25) is 5.88 Å². The van der Waals surface area contributed by atoms with Crippen LogP contribution in [0.1, 0.15) is 16.7 Å². The number of hydrogen-bond acceptors (Lipinski definition) is 4. The first-order chi connectivity index (χ1) is 10.6. The summed E-state index contributed by atoms with van der Waals surface area (Å²) < 4.78 is 23.7. The molecule has 5 heteroatoms. The van der Waals surface area contributed by atoms with Crippen molar-refractivity contribution in [1.29, 1.82) is 0 Å². The molecule has 0 saturated carbocycles. The molecule has 118 valence electrons. The molecule has 2 rings (SSSR count). The third kappa shape index (κ3) is 4.43. The minimum atomic E-state index is -0.199. The number of hydrogen-bond donors (Lipinski definition) is 1. The van der Waals surface area contributed by atoms with Gasteiger partial charge in [0.25, 0.3) is 0 Å². The van der Waals surface area contributed by atoms with Crippen molar-refractivity contribution in [2.45, 2.75) is 19.9 Å². The molecule has 1 aromatic carbocycles. The fourth-order valence-electron chi connectivity index (χ4n) is 2.32. The normalized spacial score (nSPS) is 10.5. The minimum absolute atomic E-state index is 0.199. The van der Waals surface area contributed by atoms with E-state index in [0.717, 1.165) is 29.7 Å². The summed E-state index contributed by atoms with van der Waals surface area (Å²) in [4.78, 5) is 4.20. The molecule has 2 aromatic rings. The third-order valence-corrected chi connectivity index (χ3v) is 3.33. The molecule has 0 fully saturated rings. The maximum atomic E-state index is 13.3. The van der Waals surface area contributed by atoms with Crippen molar-refractivity contribution in [2.24, 2.45) is 0 Å².